The number of benzene rings is 1. The fraction of sp³-hybridized carbons (Fsp3) is 0.739. The maximum atomic E-state index is 5.93. The van der Waals surface area contributed by atoms with Gasteiger partial charge < -0.3 is 4.12 Å². The predicted octanol–water partition coefficient (Wildman–Crippen LogP) is 5.83. The van der Waals surface area contributed by atoms with E-state index in [1.54, 1.807) is 0 Å². The lowest BCUT2D eigenvalue weighted by Crippen LogP contribution is -2.38. The summed E-state index contributed by atoms with van der Waals surface area (Å²) in [6, 6.07) is 11.1. The van der Waals surface area contributed by atoms with Gasteiger partial charge in [-0.05, 0) is 22.4 Å². The highest BCUT2D eigenvalue weighted by molar-refractivity contribution is 6.38. The van der Waals surface area contributed by atoms with Crippen LogP contribution in [0.5, 0.6) is 0 Å². The molecule has 1 unspecified atom stereocenters. The summed E-state index contributed by atoms with van der Waals surface area (Å²) in [6.45, 7) is 9.66. The first kappa shape index (κ1) is 23.7. The molecule has 0 bridgehead atoms. The molecule has 0 saturated heterocycles. The third-order valence-electron chi connectivity index (χ3n) is 6.55. The van der Waals surface area contributed by atoms with Crippen molar-refractivity contribution in [3.8, 4) is 0 Å². The van der Waals surface area contributed by atoms with E-state index in [4.69, 9.17) is 4.12 Å². The zero-order chi connectivity index (χ0) is 19.3. The minimum Gasteiger partial charge on any atom is -0.468 e. The average Bonchev–Trinajstić information content (AvgIpc) is 2.64. The Bertz CT molecular complexity index is 461. The lowest BCUT2D eigenvalue weighted by atomic mass is 9.71. The van der Waals surface area contributed by atoms with Crippen molar-refractivity contribution < 1.29 is 4.12 Å². The van der Waals surface area contributed by atoms with Crippen LogP contribution in [0.15, 0.2) is 30.3 Å². The molecular weight excluding hydrogens is 348 g/mol. The van der Waals surface area contributed by atoms with E-state index in [1.165, 1.54) is 76.2 Å². The van der Waals surface area contributed by atoms with Crippen LogP contribution in [0, 0.1) is 0 Å². The monoisotopic (exact) mass is 392 g/mol. The molecule has 0 fully saturated rings. The van der Waals surface area contributed by atoms with Crippen LogP contribution < -0.4 is 0 Å². The average molecular weight is 393 g/mol. The maximum Gasteiger partial charge on any atom is 0.152 e. The van der Waals surface area contributed by atoms with E-state index in [0.717, 1.165) is 10.5 Å². The Hall–Kier alpha value is -0.386. The van der Waals surface area contributed by atoms with Gasteiger partial charge in [0.1, 0.15) is 10.5 Å². The molecule has 3 heteroatoms. The van der Waals surface area contributed by atoms with Crippen LogP contribution in [0.2, 0.25) is 5.04 Å². The van der Waals surface area contributed by atoms with Crippen molar-refractivity contribution in [2.75, 3.05) is 0 Å². The number of hydrogen-bond donors (Lipinski definition) is 0. The van der Waals surface area contributed by atoms with Gasteiger partial charge in [0.25, 0.3) is 0 Å². The largest absolute Gasteiger partial charge is 0.468 e. The summed E-state index contributed by atoms with van der Waals surface area (Å²) in [6.07, 6.45) is 15.5. The van der Waals surface area contributed by atoms with Crippen LogP contribution in [0.3, 0.4) is 0 Å². The first-order chi connectivity index (χ1) is 12.5. The summed E-state index contributed by atoms with van der Waals surface area (Å²) in [5.41, 5.74) is 1.67. The van der Waals surface area contributed by atoms with Gasteiger partial charge in [-0.3, -0.25) is 0 Å². The molecule has 1 atom stereocenters. The van der Waals surface area contributed by atoms with E-state index >= 15 is 0 Å². The summed E-state index contributed by atoms with van der Waals surface area (Å²) < 4.78 is 5.93. The molecule has 1 aromatic carbocycles. The second kappa shape index (κ2) is 12.9. The lowest BCUT2D eigenvalue weighted by molar-refractivity contribution is 0.311. The smallest absolute Gasteiger partial charge is 0.152 e. The molecule has 0 N–H and O–H groups in total. The van der Waals surface area contributed by atoms with Crippen molar-refractivity contribution in [2.45, 2.75) is 109 Å². The molecule has 150 valence electrons. The van der Waals surface area contributed by atoms with Gasteiger partial charge in [0, 0.05) is 0 Å². The highest BCUT2D eigenvalue weighted by Crippen LogP contribution is 2.50. The van der Waals surface area contributed by atoms with Crippen molar-refractivity contribution in [3.05, 3.63) is 35.9 Å². The molecule has 0 aromatic heterocycles. The molecule has 1 nitrogen and oxygen atoms in total. The van der Waals surface area contributed by atoms with Crippen molar-refractivity contribution >= 4 is 20.2 Å². The zero-order valence-corrected chi connectivity index (χ0v) is 21.7. The SMILES string of the molecule is CCCCCCCCCCCCC(C)([SiH2]O[SiH3])C(C)(C)c1ccccc1. The Morgan fingerprint density at radius 3 is 1.81 bits per heavy atom. The summed E-state index contributed by atoms with van der Waals surface area (Å²) in [5.74, 6) is 0. The van der Waals surface area contributed by atoms with Crippen LogP contribution in [-0.2, 0) is 9.53 Å². The van der Waals surface area contributed by atoms with Gasteiger partial charge in [0.15, 0.2) is 9.76 Å². The van der Waals surface area contributed by atoms with E-state index < -0.39 is 9.76 Å². The molecule has 0 spiro atoms. The van der Waals surface area contributed by atoms with Crippen LogP contribution >= 0.6 is 0 Å². The highest BCUT2D eigenvalue weighted by atomic mass is 28.3. The molecular formula is C23H44OSi2. The van der Waals surface area contributed by atoms with Gasteiger partial charge in [0.05, 0.1) is 0 Å². The summed E-state index contributed by atoms with van der Waals surface area (Å²) >= 11 is 0. The van der Waals surface area contributed by atoms with Crippen molar-refractivity contribution in [3.63, 3.8) is 0 Å². The predicted molar refractivity (Wildman–Crippen MR) is 124 cm³/mol. The molecule has 26 heavy (non-hydrogen) atoms. The zero-order valence-electron chi connectivity index (χ0n) is 18.3. The Balaban J connectivity index is 2.38. The first-order valence-electron chi connectivity index (χ1n) is 11.0. The van der Waals surface area contributed by atoms with Gasteiger partial charge in [-0.2, -0.15) is 0 Å². The molecule has 0 aliphatic rings. The standard InChI is InChI=1S/C23H44OSi2/c1-5-6-7-8-9-10-11-12-13-17-20-23(4,26-24-25)22(2,3)21-18-15-14-16-19-21/h14-16,18-19H,5-13,17,20,26H2,1-4,25H3. The summed E-state index contributed by atoms with van der Waals surface area (Å²) in [5, 5.41) is 0.344. The summed E-state index contributed by atoms with van der Waals surface area (Å²) in [7, 11) is 0.386. The number of unbranched alkanes of at least 4 members (excludes halogenated alkanes) is 9. The molecule has 0 saturated carbocycles. The van der Waals surface area contributed by atoms with Crippen LogP contribution in [0.4, 0.5) is 0 Å². The Morgan fingerprint density at radius 2 is 1.31 bits per heavy atom. The van der Waals surface area contributed by atoms with E-state index in [-0.39, 0.29) is 5.41 Å². The summed E-state index contributed by atoms with van der Waals surface area (Å²) in [4.78, 5) is 0. The van der Waals surface area contributed by atoms with Crippen molar-refractivity contribution in [1.29, 1.82) is 0 Å². The number of rotatable bonds is 15. The normalized spacial score (nSPS) is 14.9. The highest BCUT2D eigenvalue weighted by Gasteiger charge is 2.41. The minimum atomic E-state index is -0.503. The first-order valence-corrected chi connectivity index (χ1v) is 13.1. The second-order valence-electron chi connectivity index (χ2n) is 8.92. The molecule has 0 aliphatic heterocycles. The van der Waals surface area contributed by atoms with Gasteiger partial charge in [-0.25, -0.2) is 0 Å². The lowest BCUT2D eigenvalue weighted by Gasteiger charge is -2.44. The molecule has 0 aliphatic carbocycles. The quantitative estimate of drug-likeness (QED) is 0.269. The van der Waals surface area contributed by atoms with Crippen LogP contribution in [-0.4, -0.2) is 20.2 Å². The van der Waals surface area contributed by atoms with E-state index in [9.17, 15) is 0 Å². The Morgan fingerprint density at radius 1 is 0.808 bits per heavy atom. The fourth-order valence-corrected chi connectivity index (χ4v) is 7.60. The Labute approximate surface area is 169 Å². The van der Waals surface area contributed by atoms with Gasteiger partial charge in [-0.15, -0.1) is 0 Å². The van der Waals surface area contributed by atoms with Crippen LogP contribution in [0.1, 0.15) is 104 Å². The third-order valence-corrected chi connectivity index (χ3v) is 9.58. The van der Waals surface area contributed by atoms with Gasteiger partial charge in [-0.1, -0.05) is 122 Å². The van der Waals surface area contributed by atoms with E-state index in [2.05, 4.69) is 58.0 Å². The third kappa shape index (κ3) is 7.70. The van der Waals surface area contributed by atoms with Gasteiger partial charge >= 0.3 is 0 Å². The maximum absolute atomic E-state index is 5.93. The van der Waals surface area contributed by atoms with Crippen molar-refractivity contribution in [1.82, 2.24) is 0 Å². The molecule has 0 heterocycles. The number of hydrogen-bond acceptors (Lipinski definition) is 1. The molecule has 1 aromatic rings. The van der Waals surface area contributed by atoms with Crippen LogP contribution in [0.25, 0.3) is 0 Å². The fourth-order valence-electron chi connectivity index (χ4n) is 4.09. The minimum absolute atomic E-state index is 0.199. The van der Waals surface area contributed by atoms with Gasteiger partial charge in [0.2, 0.25) is 0 Å². The van der Waals surface area contributed by atoms with Crippen molar-refractivity contribution in [2.24, 2.45) is 0 Å². The Kier molecular flexibility index (Phi) is 11.7. The van der Waals surface area contributed by atoms with E-state index in [1.807, 2.05) is 0 Å². The molecule has 0 amide bonds. The molecule has 0 radical (unpaired) electrons. The molecule has 1 rings (SSSR count). The topological polar surface area (TPSA) is 9.23 Å². The van der Waals surface area contributed by atoms with E-state index in [0.29, 0.717) is 5.04 Å². The second-order valence-corrected chi connectivity index (χ2v) is 13.1.